The zero-order valence-corrected chi connectivity index (χ0v) is 19.7. The highest BCUT2D eigenvalue weighted by atomic mass is 32.2. The summed E-state index contributed by atoms with van der Waals surface area (Å²) in [6, 6.07) is 25.5. The van der Waals surface area contributed by atoms with Crippen molar-refractivity contribution >= 4 is 23.4 Å². The van der Waals surface area contributed by atoms with E-state index in [0.717, 1.165) is 34.1 Å². The number of aromatic nitrogens is 3. The fraction of sp³-hybridized carbons (Fsp3) is 0.192. The molecule has 8 heteroatoms. The summed E-state index contributed by atoms with van der Waals surface area (Å²) in [5, 5.41) is 9.27. The van der Waals surface area contributed by atoms with E-state index < -0.39 is 0 Å². The monoisotopic (exact) mass is 472 g/mol. The van der Waals surface area contributed by atoms with Gasteiger partial charge in [0.25, 0.3) is 0 Å². The van der Waals surface area contributed by atoms with Gasteiger partial charge in [0, 0.05) is 18.3 Å². The van der Waals surface area contributed by atoms with Crippen molar-refractivity contribution in [2.75, 3.05) is 18.7 Å². The number of carbonyl (C=O) groups excluding carboxylic acids is 1. The highest BCUT2D eigenvalue weighted by Gasteiger charge is 2.24. The molecule has 34 heavy (non-hydrogen) atoms. The van der Waals surface area contributed by atoms with Gasteiger partial charge in [-0.1, -0.05) is 66.4 Å². The summed E-state index contributed by atoms with van der Waals surface area (Å²) < 4.78 is 13.0. The number of benzene rings is 3. The number of nitrogens with zero attached hydrogens (tertiary/aromatic N) is 4. The molecule has 3 aromatic carbocycles. The van der Waals surface area contributed by atoms with Crippen molar-refractivity contribution in [3.05, 3.63) is 84.4 Å². The average Bonchev–Trinajstić information content (AvgIpc) is 3.51. The predicted octanol–water partition coefficient (Wildman–Crippen LogP) is 4.87. The number of carbonyl (C=O) groups is 1. The molecule has 0 saturated carbocycles. The Morgan fingerprint density at radius 1 is 1.00 bits per heavy atom. The number of amides is 1. The lowest BCUT2D eigenvalue weighted by molar-refractivity contribution is -0.117. The number of anilines is 1. The lowest BCUT2D eigenvalue weighted by Crippen LogP contribution is -2.33. The Labute approximate surface area is 202 Å². The first-order chi connectivity index (χ1) is 16.6. The molecule has 1 aromatic heterocycles. The minimum absolute atomic E-state index is 0.00455. The Bertz CT molecular complexity index is 1290. The maximum Gasteiger partial charge on any atom is 0.240 e. The normalized spacial score (nSPS) is 13.0. The molecule has 1 unspecified atom stereocenters. The molecule has 4 aromatic rings. The number of fused-ring (bicyclic) bond motifs is 1. The Balaban J connectivity index is 1.44. The first-order valence-electron chi connectivity index (χ1n) is 11.0. The summed E-state index contributed by atoms with van der Waals surface area (Å²) in [4.78, 5) is 14.8. The number of thioether (sulfide) groups is 1. The van der Waals surface area contributed by atoms with Crippen LogP contribution in [0.15, 0.2) is 84.0 Å². The molecule has 0 saturated heterocycles. The SMILES string of the molecule is CC(Sc1nnc(-c2ccccc2)n1Cc1ccc2c(c1)OCO2)C(=O)N(C)c1ccccc1. The Hall–Kier alpha value is -3.78. The third-order valence-corrected chi connectivity index (χ3v) is 6.70. The third kappa shape index (κ3) is 4.49. The van der Waals surface area contributed by atoms with Gasteiger partial charge in [0.1, 0.15) is 0 Å². The molecule has 1 aliphatic heterocycles. The van der Waals surface area contributed by atoms with Gasteiger partial charge in [-0.2, -0.15) is 0 Å². The minimum Gasteiger partial charge on any atom is -0.454 e. The Morgan fingerprint density at radius 3 is 2.47 bits per heavy atom. The quantitative estimate of drug-likeness (QED) is 0.358. The van der Waals surface area contributed by atoms with Gasteiger partial charge in [0.15, 0.2) is 22.5 Å². The molecule has 0 aliphatic carbocycles. The molecular formula is C26H24N4O3S. The van der Waals surface area contributed by atoms with Crippen LogP contribution in [0.5, 0.6) is 11.5 Å². The van der Waals surface area contributed by atoms with Crippen LogP contribution in [0.4, 0.5) is 5.69 Å². The fourth-order valence-corrected chi connectivity index (χ4v) is 4.74. The molecule has 7 nitrogen and oxygen atoms in total. The van der Waals surface area contributed by atoms with Gasteiger partial charge in [0.2, 0.25) is 12.7 Å². The third-order valence-electron chi connectivity index (χ3n) is 5.63. The number of para-hydroxylation sites is 1. The smallest absolute Gasteiger partial charge is 0.240 e. The molecule has 1 amide bonds. The Kier molecular flexibility index (Phi) is 6.22. The first-order valence-corrected chi connectivity index (χ1v) is 11.8. The maximum atomic E-state index is 13.1. The summed E-state index contributed by atoms with van der Waals surface area (Å²) in [6.07, 6.45) is 0. The van der Waals surface area contributed by atoms with Gasteiger partial charge in [-0.05, 0) is 36.8 Å². The second-order valence-electron chi connectivity index (χ2n) is 7.94. The van der Waals surface area contributed by atoms with Crippen LogP contribution in [0.2, 0.25) is 0 Å². The van der Waals surface area contributed by atoms with Gasteiger partial charge in [-0.3, -0.25) is 9.36 Å². The van der Waals surface area contributed by atoms with Gasteiger partial charge >= 0.3 is 0 Å². The Morgan fingerprint density at radius 2 is 1.71 bits per heavy atom. The fourth-order valence-electron chi connectivity index (χ4n) is 3.80. The molecular weight excluding hydrogens is 448 g/mol. The first kappa shape index (κ1) is 22.0. The van der Waals surface area contributed by atoms with E-state index in [1.165, 1.54) is 11.8 Å². The molecule has 5 rings (SSSR count). The summed E-state index contributed by atoms with van der Waals surface area (Å²) >= 11 is 1.40. The molecule has 0 bridgehead atoms. The van der Waals surface area contributed by atoms with E-state index in [1.54, 1.807) is 11.9 Å². The molecule has 1 atom stereocenters. The summed E-state index contributed by atoms with van der Waals surface area (Å²) in [5.74, 6) is 2.22. The standard InChI is InChI=1S/C26H24N4O3S/c1-18(25(31)29(2)21-11-7-4-8-12-21)34-26-28-27-24(20-9-5-3-6-10-20)30(26)16-19-13-14-22-23(15-19)33-17-32-22/h3-15,18H,16-17H2,1-2H3. The van der Waals surface area contributed by atoms with Crippen LogP contribution in [0.25, 0.3) is 11.4 Å². The van der Waals surface area contributed by atoms with E-state index in [2.05, 4.69) is 10.2 Å². The van der Waals surface area contributed by atoms with Crippen LogP contribution in [-0.4, -0.2) is 39.8 Å². The molecule has 2 heterocycles. The maximum absolute atomic E-state index is 13.1. The van der Waals surface area contributed by atoms with Crippen LogP contribution in [0, 0.1) is 0 Å². The second-order valence-corrected chi connectivity index (χ2v) is 9.25. The lowest BCUT2D eigenvalue weighted by atomic mass is 10.2. The summed E-state index contributed by atoms with van der Waals surface area (Å²) in [5.41, 5.74) is 2.85. The number of rotatable bonds is 7. The highest BCUT2D eigenvalue weighted by molar-refractivity contribution is 8.00. The van der Waals surface area contributed by atoms with Crippen LogP contribution < -0.4 is 14.4 Å². The zero-order chi connectivity index (χ0) is 23.5. The van der Waals surface area contributed by atoms with Crippen LogP contribution in [-0.2, 0) is 11.3 Å². The molecule has 0 spiro atoms. The molecule has 172 valence electrons. The van der Waals surface area contributed by atoms with Crippen molar-refractivity contribution < 1.29 is 14.3 Å². The summed E-state index contributed by atoms with van der Waals surface area (Å²) in [7, 11) is 1.79. The number of hydrogen-bond donors (Lipinski definition) is 0. The molecule has 0 N–H and O–H groups in total. The zero-order valence-electron chi connectivity index (χ0n) is 18.9. The van der Waals surface area contributed by atoms with Gasteiger partial charge in [0.05, 0.1) is 11.8 Å². The topological polar surface area (TPSA) is 69.5 Å². The second kappa shape index (κ2) is 9.61. The van der Waals surface area contributed by atoms with Crippen molar-refractivity contribution in [3.63, 3.8) is 0 Å². The predicted molar refractivity (Wildman–Crippen MR) is 132 cm³/mol. The van der Waals surface area contributed by atoms with E-state index in [1.807, 2.05) is 90.4 Å². The largest absolute Gasteiger partial charge is 0.454 e. The molecule has 0 radical (unpaired) electrons. The molecule has 1 aliphatic rings. The van der Waals surface area contributed by atoms with Crippen LogP contribution >= 0.6 is 11.8 Å². The highest BCUT2D eigenvalue weighted by Crippen LogP contribution is 2.34. The lowest BCUT2D eigenvalue weighted by Gasteiger charge is -2.21. The van der Waals surface area contributed by atoms with Crippen LogP contribution in [0.3, 0.4) is 0 Å². The van der Waals surface area contributed by atoms with Crippen molar-refractivity contribution in [2.24, 2.45) is 0 Å². The van der Waals surface area contributed by atoms with Crippen molar-refractivity contribution in [1.29, 1.82) is 0 Å². The van der Waals surface area contributed by atoms with E-state index in [4.69, 9.17) is 9.47 Å². The van der Waals surface area contributed by atoms with Crippen molar-refractivity contribution in [3.8, 4) is 22.9 Å². The van der Waals surface area contributed by atoms with Crippen molar-refractivity contribution in [1.82, 2.24) is 14.8 Å². The van der Waals surface area contributed by atoms with Gasteiger partial charge < -0.3 is 14.4 Å². The molecule has 0 fully saturated rings. The van der Waals surface area contributed by atoms with E-state index in [-0.39, 0.29) is 18.0 Å². The minimum atomic E-state index is -0.353. The van der Waals surface area contributed by atoms with Gasteiger partial charge in [-0.15, -0.1) is 10.2 Å². The van der Waals surface area contributed by atoms with E-state index >= 15 is 0 Å². The van der Waals surface area contributed by atoms with E-state index in [0.29, 0.717) is 11.7 Å². The average molecular weight is 473 g/mol. The number of hydrogen-bond acceptors (Lipinski definition) is 6. The van der Waals surface area contributed by atoms with E-state index in [9.17, 15) is 4.79 Å². The van der Waals surface area contributed by atoms with Gasteiger partial charge in [-0.25, -0.2) is 0 Å². The number of ether oxygens (including phenoxy) is 2. The van der Waals surface area contributed by atoms with Crippen molar-refractivity contribution in [2.45, 2.75) is 23.9 Å². The summed E-state index contributed by atoms with van der Waals surface area (Å²) in [6.45, 7) is 2.66. The van der Waals surface area contributed by atoms with Crippen LogP contribution in [0.1, 0.15) is 12.5 Å².